The van der Waals surface area contributed by atoms with Crippen LogP contribution in [0.5, 0.6) is 0 Å². The zero-order valence-corrected chi connectivity index (χ0v) is 6.65. The van der Waals surface area contributed by atoms with Gasteiger partial charge in [0, 0.05) is 13.1 Å². The molecule has 0 aromatic heterocycles. The first-order valence-corrected chi connectivity index (χ1v) is 3.98. The highest BCUT2D eigenvalue weighted by Gasteiger charge is 2.19. The highest BCUT2D eigenvalue weighted by atomic mass is 15.2. The summed E-state index contributed by atoms with van der Waals surface area (Å²) < 4.78 is 0. The van der Waals surface area contributed by atoms with Crippen molar-refractivity contribution in [2.24, 2.45) is 0 Å². The average molecular weight is 151 g/mol. The van der Waals surface area contributed by atoms with Gasteiger partial charge in [0.2, 0.25) is 0 Å². The van der Waals surface area contributed by atoms with E-state index in [1.165, 1.54) is 11.3 Å². The largest absolute Gasteiger partial charge is 0.384 e. The molecule has 3 N–H and O–H groups in total. The van der Waals surface area contributed by atoms with Gasteiger partial charge in [0.25, 0.3) is 0 Å². The molecule has 2 heterocycles. The zero-order chi connectivity index (χ0) is 7.68. The molecule has 3 heteroatoms. The molecule has 1 atom stereocenters. The Morgan fingerprint density at radius 1 is 1.45 bits per heavy atom. The van der Waals surface area contributed by atoms with Crippen LogP contribution >= 0.6 is 0 Å². The van der Waals surface area contributed by atoms with Crippen molar-refractivity contribution in [3.63, 3.8) is 0 Å². The summed E-state index contributed by atoms with van der Waals surface area (Å²) in [5.74, 6) is 0. The summed E-state index contributed by atoms with van der Waals surface area (Å²) in [5.41, 5.74) is 2.61. The maximum absolute atomic E-state index is 3.37. The van der Waals surface area contributed by atoms with E-state index in [-0.39, 0.29) is 0 Å². The molecule has 0 spiro atoms. The molecule has 0 amide bonds. The summed E-state index contributed by atoms with van der Waals surface area (Å²) in [6, 6.07) is 0. The highest BCUT2D eigenvalue weighted by Crippen LogP contribution is 2.11. The molecule has 0 radical (unpaired) electrons. The van der Waals surface area contributed by atoms with Crippen molar-refractivity contribution in [2.45, 2.75) is 13.1 Å². The van der Waals surface area contributed by atoms with Gasteiger partial charge in [-0.15, -0.1) is 0 Å². The molecule has 2 aliphatic rings. The van der Waals surface area contributed by atoms with E-state index in [0.29, 0.717) is 6.17 Å². The van der Waals surface area contributed by atoms with Crippen molar-refractivity contribution in [3.05, 3.63) is 23.5 Å². The van der Waals surface area contributed by atoms with Crippen LogP contribution in [-0.2, 0) is 0 Å². The van der Waals surface area contributed by atoms with Crippen molar-refractivity contribution >= 4 is 0 Å². The van der Waals surface area contributed by atoms with Crippen LogP contribution < -0.4 is 16.0 Å². The smallest absolute Gasteiger partial charge is 0.118 e. The van der Waals surface area contributed by atoms with Crippen LogP contribution in [0.2, 0.25) is 0 Å². The van der Waals surface area contributed by atoms with Crippen molar-refractivity contribution in [1.82, 2.24) is 16.0 Å². The molecule has 1 fully saturated rings. The minimum Gasteiger partial charge on any atom is -0.384 e. The maximum atomic E-state index is 3.37. The maximum Gasteiger partial charge on any atom is 0.118 e. The first kappa shape index (κ1) is 6.73. The second-order valence-electron chi connectivity index (χ2n) is 2.91. The molecule has 3 nitrogen and oxygen atoms in total. The van der Waals surface area contributed by atoms with Crippen molar-refractivity contribution in [1.29, 1.82) is 0 Å². The number of hydrogen-bond donors (Lipinski definition) is 3. The lowest BCUT2D eigenvalue weighted by atomic mass is 10.1. The van der Waals surface area contributed by atoms with Gasteiger partial charge in [-0.25, -0.2) is 0 Å². The Morgan fingerprint density at radius 2 is 2.36 bits per heavy atom. The Labute approximate surface area is 66.6 Å². The Bertz CT molecular complexity index is 217. The summed E-state index contributed by atoms with van der Waals surface area (Å²) in [7, 11) is 0. The molecule has 2 aliphatic heterocycles. The fourth-order valence-electron chi connectivity index (χ4n) is 1.49. The lowest BCUT2D eigenvalue weighted by Crippen LogP contribution is -2.53. The van der Waals surface area contributed by atoms with Crippen LogP contribution in [0.15, 0.2) is 23.5 Å². The van der Waals surface area contributed by atoms with E-state index in [1.807, 2.05) is 6.20 Å². The van der Waals surface area contributed by atoms with Gasteiger partial charge < -0.3 is 10.6 Å². The van der Waals surface area contributed by atoms with Gasteiger partial charge in [0.1, 0.15) is 6.17 Å². The van der Waals surface area contributed by atoms with Gasteiger partial charge in [-0.3, -0.25) is 5.32 Å². The molecule has 11 heavy (non-hydrogen) atoms. The Hall–Kier alpha value is -0.960. The third kappa shape index (κ3) is 1.12. The van der Waals surface area contributed by atoms with E-state index in [2.05, 4.69) is 29.0 Å². The van der Waals surface area contributed by atoms with Gasteiger partial charge >= 0.3 is 0 Å². The number of rotatable bonds is 0. The van der Waals surface area contributed by atoms with Crippen LogP contribution in [0.1, 0.15) is 6.92 Å². The lowest BCUT2D eigenvalue weighted by molar-refractivity contribution is 0.441. The number of hydrogen-bond acceptors (Lipinski definition) is 3. The minimum atomic E-state index is 0.314. The summed E-state index contributed by atoms with van der Waals surface area (Å²) in [5, 5.41) is 9.98. The quantitative estimate of drug-likeness (QED) is 0.452. The van der Waals surface area contributed by atoms with E-state index in [4.69, 9.17) is 0 Å². The number of allylic oxidation sites excluding steroid dienone is 2. The van der Waals surface area contributed by atoms with Gasteiger partial charge in [-0.2, -0.15) is 0 Å². The monoisotopic (exact) mass is 151 g/mol. The molecule has 0 aliphatic carbocycles. The molecule has 60 valence electrons. The first-order valence-electron chi connectivity index (χ1n) is 3.98. The zero-order valence-electron chi connectivity index (χ0n) is 6.65. The standard InChI is InChI=1S/C8H13N3/c1-6-2-3-10-8-7(6)9-4-5-11-8/h2-3,8-11H,4-5H2,1H3. The van der Waals surface area contributed by atoms with E-state index >= 15 is 0 Å². The second-order valence-corrected chi connectivity index (χ2v) is 2.91. The molecule has 1 unspecified atom stereocenters. The first-order chi connectivity index (χ1) is 5.38. The average Bonchev–Trinajstić information content (AvgIpc) is 2.06. The molecule has 0 aromatic carbocycles. The number of piperazine rings is 1. The Balaban J connectivity index is 2.25. The topological polar surface area (TPSA) is 36.1 Å². The van der Waals surface area contributed by atoms with E-state index in [0.717, 1.165) is 13.1 Å². The molecule has 0 aromatic rings. The molecule has 0 saturated carbocycles. The number of nitrogens with one attached hydrogen (secondary N) is 3. The van der Waals surface area contributed by atoms with Gasteiger partial charge in [0.05, 0.1) is 5.70 Å². The molecule has 2 rings (SSSR count). The van der Waals surface area contributed by atoms with Crippen molar-refractivity contribution in [3.8, 4) is 0 Å². The normalized spacial score (nSPS) is 29.0. The number of dihydropyridines is 1. The van der Waals surface area contributed by atoms with Crippen LogP contribution in [-0.4, -0.2) is 19.3 Å². The molecular weight excluding hydrogens is 138 g/mol. The summed E-state index contributed by atoms with van der Waals surface area (Å²) in [4.78, 5) is 0. The Kier molecular flexibility index (Phi) is 1.58. The van der Waals surface area contributed by atoms with Gasteiger partial charge in [-0.05, 0) is 24.8 Å². The van der Waals surface area contributed by atoms with Crippen molar-refractivity contribution < 1.29 is 0 Å². The lowest BCUT2D eigenvalue weighted by Gasteiger charge is -2.31. The van der Waals surface area contributed by atoms with Crippen LogP contribution in [0.4, 0.5) is 0 Å². The molecule has 1 saturated heterocycles. The van der Waals surface area contributed by atoms with E-state index < -0.39 is 0 Å². The van der Waals surface area contributed by atoms with Crippen LogP contribution in [0, 0.1) is 0 Å². The fraction of sp³-hybridized carbons (Fsp3) is 0.500. The summed E-state index contributed by atoms with van der Waals surface area (Å²) >= 11 is 0. The van der Waals surface area contributed by atoms with Gasteiger partial charge in [-0.1, -0.05) is 0 Å². The SMILES string of the molecule is CC1=C2NCCNC2NC=C1. The summed E-state index contributed by atoms with van der Waals surface area (Å²) in [6.45, 7) is 4.18. The minimum absolute atomic E-state index is 0.314. The highest BCUT2D eigenvalue weighted by molar-refractivity contribution is 5.30. The molecular formula is C8H13N3. The third-order valence-electron chi connectivity index (χ3n) is 2.10. The van der Waals surface area contributed by atoms with Crippen LogP contribution in [0.3, 0.4) is 0 Å². The van der Waals surface area contributed by atoms with E-state index in [1.54, 1.807) is 0 Å². The molecule has 0 bridgehead atoms. The van der Waals surface area contributed by atoms with Crippen molar-refractivity contribution in [2.75, 3.05) is 13.1 Å². The van der Waals surface area contributed by atoms with Gasteiger partial charge in [0.15, 0.2) is 0 Å². The third-order valence-corrected chi connectivity index (χ3v) is 2.10. The Morgan fingerprint density at radius 3 is 3.18 bits per heavy atom. The number of fused-ring (bicyclic) bond motifs is 1. The summed E-state index contributed by atoms with van der Waals surface area (Å²) in [6.07, 6.45) is 4.39. The second kappa shape index (κ2) is 2.58. The predicted molar refractivity (Wildman–Crippen MR) is 44.8 cm³/mol. The van der Waals surface area contributed by atoms with Crippen LogP contribution in [0.25, 0.3) is 0 Å². The predicted octanol–water partition coefficient (Wildman–Crippen LogP) is -0.104. The van der Waals surface area contributed by atoms with E-state index in [9.17, 15) is 0 Å². The fourth-order valence-corrected chi connectivity index (χ4v) is 1.49.